The third-order valence-corrected chi connectivity index (χ3v) is 4.78. The average Bonchev–Trinajstić information content (AvgIpc) is 3.00. The molecule has 0 bridgehead atoms. The van der Waals surface area contributed by atoms with Gasteiger partial charge in [0.25, 0.3) is 0 Å². The standard InChI is InChI=1S/C16H21ClN4S.HI/c1-3-13-11-20-15(22-13)8-9-19-16(18-2)21-10-12-6-4-5-7-14(12)17;/h4-7,11H,3,8-10H2,1-2H3,(H2,18,19,21);1H. The molecule has 7 heteroatoms. The zero-order valence-corrected chi connectivity index (χ0v) is 17.2. The highest BCUT2D eigenvalue weighted by molar-refractivity contribution is 14.0. The Morgan fingerprint density at radius 3 is 2.74 bits per heavy atom. The first-order valence-corrected chi connectivity index (χ1v) is 8.54. The number of rotatable bonds is 6. The number of thiazole rings is 1. The van der Waals surface area contributed by atoms with Crippen LogP contribution in [0.5, 0.6) is 0 Å². The van der Waals surface area contributed by atoms with Gasteiger partial charge in [-0.3, -0.25) is 4.99 Å². The van der Waals surface area contributed by atoms with Gasteiger partial charge in [0.15, 0.2) is 5.96 Å². The molecule has 23 heavy (non-hydrogen) atoms. The Labute approximate surface area is 163 Å². The molecule has 2 rings (SSSR count). The van der Waals surface area contributed by atoms with Crippen molar-refractivity contribution in [1.82, 2.24) is 15.6 Å². The Morgan fingerprint density at radius 1 is 1.30 bits per heavy atom. The van der Waals surface area contributed by atoms with Crippen LogP contribution in [-0.2, 0) is 19.4 Å². The Hall–Kier alpha value is -0.860. The molecule has 0 amide bonds. The molecule has 126 valence electrons. The van der Waals surface area contributed by atoms with Crippen molar-refractivity contribution in [3.05, 3.63) is 50.9 Å². The Bertz CT molecular complexity index is 630. The van der Waals surface area contributed by atoms with Crippen LogP contribution < -0.4 is 10.6 Å². The van der Waals surface area contributed by atoms with Gasteiger partial charge < -0.3 is 10.6 Å². The Balaban J connectivity index is 0.00000264. The number of hydrogen-bond acceptors (Lipinski definition) is 3. The SMILES string of the molecule is CCc1cnc(CCNC(=NC)NCc2ccccc2Cl)s1.I. The van der Waals surface area contributed by atoms with E-state index in [1.165, 1.54) is 4.88 Å². The summed E-state index contributed by atoms with van der Waals surface area (Å²) < 4.78 is 0. The number of hydrogen-bond donors (Lipinski definition) is 2. The van der Waals surface area contributed by atoms with Crippen LogP contribution in [0.4, 0.5) is 0 Å². The van der Waals surface area contributed by atoms with Gasteiger partial charge in [0.1, 0.15) is 0 Å². The molecule has 0 saturated carbocycles. The van der Waals surface area contributed by atoms with E-state index in [0.717, 1.165) is 40.9 Å². The quantitative estimate of drug-likeness (QED) is 0.387. The maximum atomic E-state index is 6.14. The first-order valence-electron chi connectivity index (χ1n) is 7.34. The molecule has 0 radical (unpaired) electrons. The van der Waals surface area contributed by atoms with Crippen molar-refractivity contribution in [2.45, 2.75) is 26.3 Å². The van der Waals surface area contributed by atoms with E-state index in [-0.39, 0.29) is 24.0 Å². The lowest BCUT2D eigenvalue weighted by Crippen LogP contribution is -2.37. The number of halogens is 2. The molecule has 1 heterocycles. The van der Waals surface area contributed by atoms with Crippen molar-refractivity contribution in [3.63, 3.8) is 0 Å². The largest absolute Gasteiger partial charge is 0.356 e. The lowest BCUT2D eigenvalue weighted by atomic mass is 10.2. The van der Waals surface area contributed by atoms with E-state index in [4.69, 9.17) is 11.6 Å². The number of nitrogens with one attached hydrogen (secondary N) is 2. The van der Waals surface area contributed by atoms with Gasteiger partial charge >= 0.3 is 0 Å². The summed E-state index contributed by atoms with van der Waals surface area (Å²) in [6, 6.07) is 7.80. The molecule has 0 unspecified atom stereocenters. The Morgan fingerprint density at radius 2 is 2.09 bits per heavy atom. The molecule has 0 saturated heterocycles. The fourth-order valence-electron chi connectivity index (χ4n) is 1.96. The topological polar surface area (TPSA) is 49.3 Å². The van der Waals surface area contributed by atoms with Gasteiger partial charge in [0, 0.05) is 42.7 Å². The van der Waals surface area contributed by atoms with E-state index in [9.17, 15) is 0 Å². The molecule has 1 aromatic carbocycles. The number of benzene rings is 1. The van der Waals surface area contributed by atoms with Gasteiger partial charge in [-0.15, -0.1) is 35.3 Å². The minimum atomic E-state index is 0. The van der Waals surface area contributed by atoms with Crippen LogP contribution in [0.25, 0.3) is 0 Å². The van der Waals surface area contributed by atoms with Crippen molar-refractivity contribution in [2.24, 2.45) is 4.99 Å². The van der Waals surface area contributed by atoms with Crippen molar-refractivity contribution in [3.8, 4) is 0 Å². The highest BCUT2D eigenvalue weighted by atomic mass is 127. The first kappa shape index (κ1) is 20.2. The zero-order chi connectivity index (χ0) is 15.8. The predicted molar refractivity (Wildman–Crippen MR) is 110 cm³/mol. The van der Waals surface area contributed by atoms with E-state index in [1.54, 1.807) is 18.4 Å². The second kappa shape index (κ2) is 10.8. The van der Waals surface area contributed by atoms with E-state index < -0.39 is 0 Å². The van der Waals surface area contributed by atoms with Crippen LogP contribution in [0.3, 0.4) is 0 Å². The lowest BCUT2D eigenvalue weighted by Gasteiger charge is -2.12. The van der Waals surface area contributed by atoms with Gasteiger partial charge in [0.05, 0.1) is 5.01 Å². The summed E-state index contributed by atoms with van der Waals surface area (Å²) in [5, 5.41) is 8.49. The highest BCUT2D eigenvalue weighted by Crippen LogP contribution is 2.14. The van der Waals surface area contributed by atoms with Crippen molar-refractivity contribution < 1.29 is 0 Å². The molecule has 1 aromatic heterocycles. The predicted octanol–water partition coefficient (Wildman–Crippen LogP) is 3.88. The van der Waals surface area contributed by atoms with Crippen LogP contribution in [0, 0.1) is 0 Å². The monoisotopic (exact) mass is 464 g/mol. The summed E-state index contributed by atoms with van der Waals surface area (Å²) in [6.07, 6.45) is 3.91. The number of aryl methyl sites for hydroxylation is 1. The van der Waals surface area contributed by atoms with Gasteiger partial charge in [-0.05, 0) is 18.1 Å². The van der Waals surface area contributed by atoms with E-state index >= 15 is 0 Å². The first-order chi connectivity index (χ1) is 10.7. The van der Waals surface area contributed by atoms with Gasteiger partial charge in [0.2, 0.25) is 0 Å². The van der Waals surface area contributed by atoms with Crippen molar-refractivity contribution in [1.29, 1.82) is 0 Å². The third-order valence-electron chi connectivity index (χ3n) is 3.21. The fraction of sp³-hybridized carbons (Fsp3) is 0.375. The lowest BCUT2D eigenvalue weighted by molar-refractivity contribution is 0.792. The smallest absolute Gasteiger partial charge is 0.191 e. The summed E-state index contributed by atoms with van der Waals surface area (Å²) in [6.45, 7) is 3.60. The number of guanidine groups is 1. The van der Waals surface area contributed by atoms with Gasteiger partial charge in [-0.2, -0.15) is 0 Å². The van der Waals surface area contributed by atoms with Gasteiger partial charge in [-0.25, -0.2) is 4.98 Å². The highest BCUT2D eigenvalue weighted by Gasteiger charge is 2.03. The summed E-state index contributed by atoms with van der Waals surface area (Å²) >= 11 is 7.92. The van der Waals surface area contributed by atoms with Crippen LogP contribution >= 0.6 is 46.9 Å². The zero-order valence-electron chi connectivity index (χ0n) is 13.3. The molecule has 0 aliphatic carbocycles. The molecule has 2 N–H and O–H groups in total. The summed E-state index contributed by atoms with van der Waals surface area (Å²) in [4.78, 5) is 9.97. The number of nitrogens with zero attached hydrogens (tertiary/aromatic N) is 2. The second-order valence-corrected chi connectivity index (χ2v) is 6.37. The van der Waals surface area contributed by atoms with Crippen LogP contribution in [0.2, 0.25) is 5.02 Å². The molecule has 0 aliphatic rings. The van der Waals surface area contributed by atoms with Crippen LogP contribution in [-0.4, -0.2) is 24.5 Å². The second-order valence-electron chi connectivity index (χ2n) is 4.77. The maximum Gasteiger partial charge on any atom is 0.191 e. The minimum Gasteiger partial charge on any atom is -0.356 e. The molecule has 0 spiro atoms. The molecule has 0 atom stereocenters. The summed E-state index contributed by atoms with van der Waals surface area (Å²) in [5.74, 6) is 0.771. The summed E-state index contributed by atoms with van der Waals surface area (Å²) in [7, 11) is 1.76. The fourth-order valence-corrected chi connectivity index (χ4v) is 3.02. The molecular weight excluding hydrogens is 443 g/mol. The number of aliphatic imine (C=N–C) groups is 1. The number of aromatic nitrogens is 1. The van der Waals surface area contributed by atoms with Gasteiger partial charge in [-0.1, -0.05) is 36.7 Å². The van der Waals surface area contributed by atoms with Crippen LogP contribution in [0.1, 0.15) is 22.4 Å². The van der Waals surface area contributed by atoms with Crippen molar-refractivity contribution >= 4 is 52.9 Å². The molecule has 4 nitrogen and oxygen atoms in total. The maximum absolute atomic E-state index is 6.14. The molecule has 2 aromatic rings. The summed E-state index contributed by atoms with van der Waals surface area (Å²) in [5.41, 5.74) is 1.06. The molecular formula is C16H22ClIN4S. The normalized spacial score (nSPS) is 11.0. The van der Waals surface area contributed by atoms with E-state index in [1.807, 2.05) is 30.5 Å². The average molecular weight is 465 g/mol. The minimum absolute atomic E-state index is 0. The molecule has 0 fully saturated rings. The van der Waals surface area contributed by atoms with Crippen molar-refractivity contribution in [2.75, 3.05) is 13.6 Å². The van der Waals surface area contributed by atoms with Crippen LogP contribution in [0.15, 0.2) is 35.5 Å². The van der Waals surface area contributed by atoms with E-state index in [0.29, 0.717) is 6.54 Å². The third kappa shape index (κ3) is 6.64. The Kier molecular flexibility index (Phi) is 9.50. The molecule has 0 aliphatic heterocycles. The van der Waals surface area contributed by atoms with E-state index in [2.05, 4.69) is 27.5 Å².